The van der Waals surface area contributed by atoms with E-state index in [9.17, 15) is 4.79 Å². The number of carboxylic acid groups (broad SMARTS) is 1. The van der Waals surface area contributed by atoms with E-state index in [2.05, 4.69) is 6.92 Å². The molecule has 3 nitrogen and oxygen atoms in total. The summed E-state index contributed by atoms with van der Waals surface area (Å²) in [5.74, 6) is -0.792. The third-order valence-corrected chi connectivity index (χ3v) is 2.99. The molecule has 0 aliphatic rings. The highest BCUT2D eigenvalue weighted by Gasteiger charge is 2.19. The molecule has 0 bridgehead atoms. The molecule has 0 amide bonds. The van der Waals surface area contributed by atoms with Crippen LogP contribution < -0.4 is 4.90 Å². The summed E-state index contributed by atoms with van der Waals surface area (Å²) < 4.78 is 0. The number of nitrogens with zero attached hydrogens (tertiary/aromatic N) is 1. The van der Waals surface area contributed by atoms with Crippen molar-refractivity contribution in [2.24, 2.45) is 0 Å². The SMILES string of the molecule is CCN(c1ccc(C)c(C)c1)[C@@H](C)C(=O)O. The van der Waals surface area contributed by atoms with Crippen molar-refractivity contribution < 1.29 is 9.90 Å². The minimum Gasteiger partial charge on any atom is -0.480 e. The lowest BCUT2D eigenvalue weighted by Crippen LogP contribution is -2.38. The van der Waals surface area contributed by atoms with Crippen LogP contribution in [0.5, 0.6) is 0 Å². The summed E-state index contributed by atoms with van der Waals surface area (Å²) in [4.78, 5) is 12.9. The maximum Gasteiger partial charge on any atom is 0.326 e. The predicted octanol–water partition coefficient (Wildman–Crippen LogP) is 2.60. The van der Waals surface area contributed by atoms with Gasteiger partial charge in [0, 0.05) is 12.2 Å². The van der Waals surface area contributed by atoms with Gasteiger partial charge in [-0.2, -0.15) is 0 Å². The molecule has 88 valence electrons. The molecule has 1 atom stereocenters. The molecule has 0 unspecified atom stereocenters. The van der Waals surface area contributed by atoms with Crippen LogP contribution in [0.3, 0.4) is 0 Å². The summed E-state index contributed by atoms with van der Waals surface area (Å²) in [6, 6.07) is 5.55. The Kier molecular flexibility index (Phi) is 3.93. The maximum absolute atomic E-state index is 11.0. The van der Waals surface area contributed by atoms with Crippen LogP contribution in [0.1, 0.15) is 25.0 Å². The van der Waals surface area contributed by atoms with Crippen molar-refractivity contribution in [2.75, 3.05) is 11.4 Å². The molecule has 0 spiro atoms. The zero-order chi connectivity index (χ0) is 12.3. The molecule has 1 aromatic carbocycles. The third kappa shape index (κ3) is 2.54. The number of anilines is 1. The van der Waals surface area contributed by atoms with E-state index in [1.165, 1.54) is 11.1 Å². The van der Waals surface area contributed by atoms with Gasteiger partial charge in [-0.05, 0) is 51.0 Å². The first kappa shape index (κ1) is 12.6. The molecule has 1 rings (SSSR count). The third-order valence-electron chi connectivity index (χ3n) is 2.99. The largest absolute Gasteiger partial charge is 0.480 e. The van der Waals surface area contributed by atoms with Crippen molar-refractivity contribution in [1.29, 1.82) is 0 Å². The van der Waals surface area contributed by atoms with Crippen LogP contribution in [0.15, 0.2) is 18.2 Å². The molecule has 0 aromatic heterocycles. The van der Waals surface area contributed by atoms with Crippen molar-refractivity contribution >= 4 is 11.7 Å². The smallest absolute Gasteiger partial charge is 0.326 e. The fraction of sp³-hybridized carbons (Fsp3) is 0.462. The van der Waals surface area contributed by atoms with E-state index in [1.54, 1.807) is 6.92 Å². The highest BCUT2D eigenvalue weighted by atomic mass is 16.4. The number of aliphatic carboxylic acids is 1. The van der Waals surface area contributed by atoms with E-state index in [-0.39, 0.29) is 0 Å². The van der Waals surface area contributed by atoms with Gasteiger partial charge in [0.05, 0.1) is 0 Å². The summed E-state index contributed by atoms with van der Waals surface area (Å²) in [6.45, 7) is 8.46. The summed E-state index contributed by atoms with van der Waals surface area (Å²) in [5, 5.41) is 9.03. The summed E-state index contributed by atoms with van der Waals surface area (Å²) in [7, 11) is 0. The van der Waals surface area contributed by atoms with Gasteiger partial charge < -0.3 is 10.0 Å². The Morgan fingerprint density at radius 2 is 2.00 bits per heavy atom. The molecule has 0 heterocycles. The first-order valence-corrected chi connectivity index (χ1v) is 5.54. The van der Waals surface area contributed by atoms with Gasteiger partial charge in [0.15, 0.2) is 0 Å². The van der Waals surface area contributed by atoms with Crippen LogP contribution in [0.25, 0.3) is 0 Å². The van der Waals surface area contributed by atoms with Gasteiger partial charge in [0.2, 0.25) is 0 Å². The molecule has 1 aromatic rings. The first-order chi connectivity index (χ1) is 7.47. The van der Waals surface area contributed by atoms with Crippen molar-refractivity contribution in [2.45, 2.75) is 33.7 Å². The highest BCUT2D eigenvalue weighted by molar-refractivity contribution is 5.77. The van der Waals surface area contributed by atoms with Gasteiger partial charge in [-0.3, -0.25) is 0 Å². The minimum absolute atomic E-state index is 0.493. The summed E-state index contributed by atoms with van der Waals surface area (Å²) in [6.07, 6.45) is 0. The molecular weight excluding hydrogens is 202 g/mol. The molecule has 1 N–H and O–H groups in total. The molecular formula is C13H19NO2. The van der Waals surface area contributed by atoms with E-state index in [4.69, 9.17) is 5.11 Å². The lowest BCUT2D eigenvalue weighted by Gasteiger charge is -2.27. The topological polar surface area (TPSA) is 40.5 Å². The van der Waals surface area contributed by atoms with Gasteiger partial charge in [0.1, 0.15) is 6.04 Å². The summed E-state index contributed by atoms with van der Waals surface area (Å²) >= 11 is 0. The fourth-order valence-electron chi connectivity index (χ4n) is 1.72. The molecule has 0 radical (unpaired) electrons. The predicted molar refractivity (Wildman–Crippen MR) is 66.0 cm³/mol. The normalized spacial score (nSPS) is 12.2. The zero-order valence-electron chi connectivity index (χ0n) is 10.3. The van der Waals surface area contributed by atoms with Gasteiger partial charge in [0.25, 0.3) is 0 Å². The van der Waals surface area contributed by atoms with Crippen LogP contribution in [0, 0.1) is 13.8 Å². The lowest BCUT2D eigenvalue weighted by atomic mass is 10.1. The fourth-order valence-corrected chi connectivity index (χ4v) is 1.72. The van der Waals surface area contributed by atoms with Gasteiger partial charge in [-0.15, -0.1) is 0 Å². The van der Waals surface area contributed by atoms with E-state index in [1.807, 2.05) is 36.9 Å². The number of likely N-dealkylation sites (N-methyl/N-ethyl adjacent to an activating group) is 1. The highest BCUT2D eigenvalue weighted by Crippen LogP contribution is 2.20. The number of hydrogen-bond acceptors (Lipinski definition) is 2. The number of hydrogen-bond donors (Lipinski definition) is 1. The monoisotopic (exact) mass is 221 g/mol. The Hall–Kier alpha value is -1.51. The van der Waals surface area contributed by atoms with E-state index >= 15 is 0 Å². The van der Waals surface area contributed by atoms with Crippen LogP contribution in [0.2, 0.25) is 0 Å². The second-order valence-corrected chi connectivity index (χ2v) is 4.07. The second kappa shape index (κ2) is 5.01. The Morgan fingerprint density at radius 1 is 1.38 bits per heavy atom. The number of benzene rings is 1. The van der Waals surface area contributed by atoms with E-state index < -0.39 is 12.0 Å². The number of carbonyl (C=O) groups is 1. The van der Waals surface area contributed by atoms with E-state index in [0.717, 1.165) is 5.69 Å². The van der Waals surface area contributed by atoms with Crippen molar-refractivity contribution in [1.82, 2.24) is 0 Å². The van der Waals surface area contributed by atoms with E-state index in [0.29, 0.717) is 6.54 Å². The van der Waals surface area contributed by atoms with Crippen molar-refractivity contribution in [3.8, 4) is 0 Å². The maximum atomic E-state index is 11.0. The van der Waals surface area contributed by atoms with Crippen LogP contribution in [-0.2, 0) is 4.79 Å². The first-order valence-electron chi connectivity index (χ1n) is 5.54. The van der Waals surface area contributed by atoms with Crippen LogP contribution >= 0.6 is 0 Å². The Labute approximate surface area is 96.7 Å². The molecule has 0 saturated heterocycles. The van der Waals surface area contributed by atoms with Crippen molar-refractivity contribution in [3.63, 3.8) is 0 Å². The Bertz CT molecular complexity index is 388. The molecule has 0 aliphatic heterocycles. The lowest BCUT2D eigenvalue weighted by molar-refractivity contribution is -0.138. The minimum atomic E-state index is -0.792. The standard InChI is InChI=1S/C13H19NO2/c1-5-14(11(4)13(15)16)12-7-6-9(2)10(3)8-12/h6-8,11H,5H2,1-4H3,(H,15,16)/t11-/m0/s1. The molecule has 16 heavy (non-hydrogen) atoms. The zero-order valence-corrected chi connectivity index (χ0v) is 10.3. The average Bonchev–Trinajstić information content (AvgIpc) is 2.24. The quantitative estimate of drug-likeness (QED) is 0.849. The number of carboxylic acids is 1. The molecule has 0 saturated carbocycles. The second-order valence-electron chi connectivity index (χ2n) is 4.07. The number of rotatable bonds is 4. The Morgan fingerprint density at radius 3 is 2.44 bits per heavy atom. The molecule has 0 aliphatic carbocycles. The average molecular weight is 221 g/mol. The van der Waals surface area contributed by atoms with Gasteiger partial charge in [-0.25, -0.2) is 4.79 Å². The van der Waals surface area contributed by atoms with Gasteiger partial charge in [-0.1, -0.05) is 6.07 Å². The molecule has 3 heteroatoms. The van der Waals surface area contributed by atoms with Gasteiger partial charge >= 0.3 is 5.97 Å². The van der Waals surface area contributed by atoms with Crippen LogP contribution in [-0.4, -0.2) is 23.7 Å². The van der Waals surface area contributed by atoms with Crippen molar-refractivity contribution in [3.05, 3.63) is 29.3 Å². The molecule has 0 fully saturated rings. The Balaban J connectivity index is 3.04. The van der Waals surface area contributed by atoms with Crippen LogP contribution in [0.4, 0.5) is 5.69 Å². The summed E-state index contributed by atoms with van der Waals surface area (Å²) in [5.41, 5.74) is 3.39. The number of aryl methyl sites for hydroxylation is 2.